The summed E-state index contributed by atoms with van der Waals surface area (Å²) >= 11 is 0. The average molecular weight is 220 g/mol. The predicted molar refractivity (Wildman–Crippen MR) is 69.8 cm³/mol. The SMILES string of the molecule is CC(CCCC(C)(C)C)c1ccc(O)cc1. The van der Waals surface area contributed by atoms with E-state index in [2.05, 4.69) is 27.7 Å². The normalized spacial score (nSPS) is 13.8. The Bertz CT molecular complexity index is 305. The average Bonchev–Trinajstić information content (AvgIpc) is 2.16. The molecular formula is C15H24O. The van der Waals surface area contributed by atoms with Gasteiger partial charge < -0.3 is 5.11 Å². The molecule has 1 heteroatoms. The van der Waals surface area contributed by atoms with E-state index < -0.39 is 0 Å². The number of hydrogen-bond donors (Lipinski definition) is 1. The maximum Gasteiger partial charge on any atom is 0.115 e. The zero-order valence-electron chi connectivity index (χ0n) is 11.0. The van der Waals surface area contributed by atoms with Crippen molar-refractivity contribution in [1.29, 1.82) is 0 Å². The van der Waals surface area contributed by atoms with E-state index in [4.69, 9.17) is 0 Å². The third-order valence-electron chi connectivity index (χ3n) is 3.03. The smallest absolute Gasteiger partial charge is 0.115 e. The van der Waals surface area contributed by atoms with Crippen LogP contribution in [0.5, 0.6) is 5.75 Å². The van der Waals surface area contributed by atoms with Gasteiger partial charge in [0, 0.05) is 0 Å². The van der Waals surface area contributed by atoms with Gasteiger partial charge in [-0.1, -0.05) is 46.2 Å². The Morgan fingerprint density at radius 2 is 1.69 bits per heavy atom. The number of benzene rings is 1. The van der Waals surface area contributed by atoms with Crippen LogP contribution in [-0.2, 0) is 0 Å². The zero-order chi connectivity index (χ0) is 12.2. The van der Waals surface area contributed by atoms with Crippen molar-refractivity contribution in [2.45, 2.75) is 52.9 Å². The molecule has 0 aliphatic heterocycles. The molecule has 0 saturated heterocycles. The van der Waals surface area contributed by atoms with Crippen molar-refractivity contribution >= 4 is 0 Å². The van der Waals surface area contributed by atoms with Crippen LogP contribution >= 0.6 is 0 Å². The van der Waals surface area contributed by atoms with E-state index in [9.17, 15) is 5.11 Å². The maximum absolute atomic E-state index is 9.22. The number of phenolic OH excluding ortho intramolecular Hbond substituents is 1. The molecule has 0 amide bonds. The van der Waals surface area contributed by atoms with E-state index in [1.54, 1.807) is 12.1 Å². The van der Waals surface area contributed by atoms with Gasteiger partial charge in [0.1, 0.15) is 5.75 Å². The van der Waals surface area contributed by atoms with Crippen molar-refractivity contribution in [3.05, 3.63) is 29.8 Å². The van der Waals surface area contributed by atoms with Crippen molar-refractivity contribution in [1.82, 2.24) is 0 Å². The van der Waals surface area contributed by atoms with E-state index >= 15 is 0 Å². The highest BCUT2D eigenvalue weighted by atomic mass is 16.3. The van der Waals surface area contributed by atoms with E-state index in [0.29, 0.717) is 17.1 Å². The fourth-order valence-corrected chi connectivity index (χ4v) is 1.91. The third-order valence-corrected chi connectivity index (χ3v) is 3.03. The first kappa shape index (κ1) is 13.1. The van der Waals surface area contributed by atoms with Crippen LogP contribution in [-0.4, -0.2) is 5.11 Å². The molecule has 0 spiro atoms. The van der Waals surface area contributed by atoms with Gasteiger partial charge in [-0.2, -0.15) is 0 Å². The second kappa shape index (κ2) is 5.38. The lowest BCUT2D eigenvalue weighted by atomic mass is 9.87. The summed E-state index contributed by atoms with van der Waals surface area (Å²) in [5.41, 5.74) is 1.76. The van der Waals surface area contributed by atoms with E-state index in [0.717, 1.165) is 0 Å². The summed E-state index contributed by atoms with van der Waals surface area (Å²) in [6, 6.07) is 7.60. The standard InChI is InChI=1S/C15H24O/c1-12(6-5-11-15(2,3)4)13-7-9-14(16)10-8-13/h7-10,12,16H,5-6,11H2,1-4H3. The highest BCUT2D eigenvalue weighted by Gasteiger charge is 2.11. The second-order valence-electron chi connectivity index (χ2n) is 5.95. The first-order valence-electron chi connectivity index (χ1n) is 6.17. The molecular weight excluding hydrogens is 196 g/mol. The lowest BCUT2D eigenvalue weighted by Crippen LogP contribution is -2.05. The molecule has 0 bridgehead atoms. The summed E-state index contributed by atoms with van der Waals surface area (Å²) in [4.78, 5) is 0. The summed E-state index contributed by atoms with van der Waals surface area (Å²) in [5, 5.41) is 9.22. The van der Waals surface area contributed by atoms with E-state index in [1.165, 1.54) is 24.8 Å². The van der Waals surface area contributed by atoms with Crippen LogP contribution < -0.4 is 0 Å². The number of aromatic hydroxyl groups is 1. The molecule has 1 unspecified atom stereocenters. The first-order chi connectivity index (χ1) is 7.38. The summed E-state index contributed by atoms with van der Waals surface area (Å²) in [6.07, 6.45) is 3.77. The molecule has 90 valence electrons. The Morgan fingerprint density at radius 1 is 1.12 bits per heavy atom. The van der Waals surface area contributed by atoms with E-state index in [-0.39, 0.29) is 0 Å². The molecule has 0 aromatic heterocycles. The minimum atomic E-state index is 0.352. The van der Waals surface area contributed by atoms with Gasteiger partial charge in [0.2, 0.25) is 0 Å². The molecule has 0 heterocycles. The Balaban J connectivity index is 2.41. The fourth-order valence-electron chi connectivity index (χ4n) is 1.91. The first-order valence-corrected chi connectivity index (χ1v) is 6.17. The van der Waals surface area contributed by atoms with Crippen LogP contribution in [0.4, 0.5) is 0 Å². The van der Waals surface area contributed by atoms with Crippen LogP contribution in [0, 0.1) is 5.41 Å². The van der Waals surface area contributed by atoms with Gasteiger partial charge in [0.25, 0.3) is 0 Å². The Labute approximate surface area is 99.5 Å². The van der Waals surface area contributed by atoms with Gasteiger partial charge in [0.15, 0.2) is 0 Å². The van der Waals surface area contributed by atoms with Gasteiger partial charge in [-0.25, -0.2) is 0 Å². The molecule has 0 aliphatic rings. The summed E-state index contributed by atoms with van der Waals surface area (Å²) < 4.78 is 0. The molecule has 1 nitrogen and oxygen atoms in total. The largest absolute Gasteiger partial charge is 0.508 e. The molecule has 1 N–H and O–H groups in total. The number of rotatable bonds is 4. The van der Waals surface area contributed by atoms with Crippen LogP contribution in [0.3, 0.4) is 0 Å². The lowest BCUT2D eigenvalue weighted by Gasteiger charge is -2.19. The Morgan fingerprint density at radius 3 is 2.19 bits per heavy atom. The Hall–Kier alpha value is -0.980. The molecule has 1 aromatic carbocycles. The van der Waals surface area contributed by atoms with Gasteiger partial charge >= 0.3 is 0 Å². The molecule has 1 atom stereocenters. The molecule has 0 saturated carbocycles. The predicted octanol–water partition coefficient (Wildman–Crippen LogP) is 4.71. The minimum absolute atomic E-state index is 0.352. The number of phenols is 1. The van der Waals surface area contributed by atoms with Crippen molar-refractivity contribution in [2.75, 3.05) is 0 Å². The van der Waals surface area contributed by atoms with Gasteiger partial charge in [-0.05, 0) is 41.9 Å². The molecule has 0 aliphatic carbocycles. The van der Waals surface area contributed by atoms with Crippen molar-refractivity contribution in [2.24, 2.45) is 5.41 Å². The lowest BCUT2D eigenvalue weighted by molar-refractivity contribution is 0.354. The third kappa shape index (κ3) is 4.69. The number of hydrogen-bond acceptors (Lipinski definition) is 1. The molecule has 16 heavy (non-hydrogen) atoms. The Kier molecular flexibility index (Phi) is 4.40. The van der Waals surface area contributed by atoms with Crippen molar-refractivity contribution in [3.8, 4) is 5.75 Å². The van der Waals surface area contributed by atoms with Crippen LogP contribution in [0.15, 0.2) is 24.3 Å². The second-order valence-corrected chi connectivity index (χ2v) is 5.95. The maximum atomic E-state index is 9.22. The summed E-state index contributed by atoms with van der Waals surface area (Å²) in [7, 11) is 0. The van der Waals surface area contributed by atoms with Crippen molar-refractivity contribution in [3.63, 3.8) is 0 Å². The van der Waals surface area contributed by atoms with Crippen LogP contribution in [0.1, 0.15) is 58.4 Å². The van der Waals surface area contributed by atoms with Gasteiger partial charge in [0.05, 0.1) is 0 Å². The monoisotopic (exact) mass is 220 g/mol. The highest BCUT2D eigenvalue weighted by molar-refractivity contribution is 5.27. The van der Waals surface area contributed by atoms with E-state index in [1.807, 2.05) is 12.1 Å². The van der Waals surface area contributed by atoms with Gasteiger partial charge in [-0.3, -0.25) is 0 Å². The molecule has 0 radical (unpaired) electrons. The quantitative estimate of drug-likeness (QED) is 0.779. The molecule has 1 rings (SSSR count). The fraction of sp³-hybridized carbons (Fsp3) is 0.600. The molecule has 1 aromatic rings. The molecule has 0 fully saturated rings. The van der Waals surface area contributed by atoms with Crippen LogP contribution in [0.2, 0.25) is 0 Å². The van der Waals surface area contributed by atoms with Crippen LogP contribution in [0.25, 0.3) is 0 Å². The summed E-state index contributed by atoms with van der Waals surface area (Å²) in [5.74, 6) is 0.939. The topological polar surface area (TPSA) is 20.2 Å². The van der Waals surface area contributed by atoms with Crippen molar-refractivity contribution < 1.29 is 5.11 Å². The zero-order valence-corrected chi connectivity index (χ0v) is 11.0. The highest BCUT2D eigenvalue weighted by Crippen LogP contribution is 2.27. The van der Waals surface area contributed by atoms with Gasteiger partial charge in [-0.15, -0.1) is 0 Å². The minimum Gasteiger partial charge on any atom is -0.508 e. The summed E-state index contributed by atoms with van der Waals surface area (Å²) in [6.45, 7) is 9.13.